The Morgan fingerprint density at radius 2 is 2.07 bits per heavy atom. The fraction of sp³-hybridized carbons (Fsp3) is 0.500. The molecular weight excluding hydrogens is 172 g/mol. The number of hydrogen-bond acceptors (Lipinski definition) is 2. The van der Waals surface area contributed by atoms with Crippen LogP contribution >= 0.6 is 0 Å². The molecule has 0 radical (unpaired) electrons. The Hall–Kier alpha value is -1.18. The Balaban J connectivity index is 2.49. The van der Waals surface area contributed by atoms with Crippen LogP contribution in [-0.2, 0) is 6.42 Å². The van der Waals surface area contributed by atoms with Crippen molar-refractivity contribution in [3.05, 3.63) is 23.3 Å². The Bertz CT molecular complexity index is 367. The zero-order chi connectivity index (χ0) is 10.3. The second-order valence-electron chi connectivity index (χ2n) is 4.82. The van der Waals surface area contributed by atoms with Crippen molar-refractivity contribution < 1.29 is 0 Å². The molecule has 2 rings (SSSR count). The molecule has 0 bridgehead atoms. The molecule has 14 heavy (non-hydrogen) atoms. The number of nitrogen functional groups attached to an aromatic ring is 1. The van der Waals surface area contributed by atoms with Crippen LogP contribution in [0.5, 0.6) is 0 Å². The molecule has 0 aromatic heterocycles. The van der Waals surface area contributed by atoms with Gasteiger partial charge in [0.15, 0.2) is 0 Å². The standard InChI is InChI=1S/C12H18N2/c1-8-10(13)5-4-9-6-7-12(2,3)14-11(8)9/h4-5,14H,6-7,13H2,1-3H3. The van der Waals surface area contributed by atoms with Gasteiger partial charge in [-0.2, -0.15) is 0 Å². The lowest BCUT2D eigenvalue weighted by atomic mass is 9.88. The van der Waals surface area contributed by atoms with Crippen LogP contribution in [0, 0.1) is 6.92 Å². The Morgan fingerprint density at radius 3 is 2.79 bits per heavy atom. The van der Waals surface area contributed by atoms with E-state index >= 15 is 0 Å². The first-order valence-electron chi connectivity index (χ1n) is 5.16. The predicted octanol–water partition coefficient (Wildman–Crippen LogP) is 2.71. The van der Waals surface area contributed by atoms with Crippen LogP contribution in [0.25, 0.3) is 0 Å². The molecule has 0 saturated heterocycles. The molecule has 1 aliphatic rings. The van der Waals surface area contributed by atoms with Crippen LogP contribution in [0.15, 0.2) is 12.1 Å². The maximum absolute atomic E-state index is 5.89. The molecule has 0 fully saturated rings. The molecule has 0 spiro atoms. The van der Waals surface area contributed by atoms with Crippen molar-refractivity contribution in [3.8, 4) is 0 Å². The van der Waals surface area contributed by atoms with Crippen molar-refractivity contribution in [1.29, 1.82) is 0 Å². The topological polar surface area (TPSA) is 38.0 Å². The molecule has 0 atom stereocenters. The number of rotatable bonds is 0. The normalized spacial score (nSPS) is 18.5. The molecule has 2 heteroatoms. The maximum atomic E-state index is 5.89. The Morgan fingerprint density at radius 1 is 1.36 bits per heavy atom. The van der Waals surface area contributed by atoms with Crippen LogP contribution < -0.4 is 11.1 Å². The van der Waals surface area contributed by atoms with Crippen LogP contribution in [0.2, 0.25) is 0 Å². The fourth-order valence-electron chi connectivity index (χ4n) is 2.01. The fourth-order valence-corrected chi connectivity index (χ4v) is 2.01. The molecule has 2 nitrogen and oxygen atoms in total. The van der Waals surface area contributed by atoms with Crippen LogP contribution in [0.1, 0.15) is 31.4 Å². The van der Waals surface area contributed by atoms with Crippen LogP contribution in [0.3, 0.4) is 0 Å². The summed E-state index contributed by atoms with van der Waals surface area (Å²) in [6.45, 7) is 6.56. The van der Waals surface area contributed by atoms with Gasteiger partial charge in [0, 0.05) is 16.9 Å². The number of nitrogens with two attached hydrogens (primary N) is 1. The summed E-state index contributed by atoms with van der Waals surface area (Å²) in [7, 11) is 0. The molecule has 1 heterocycles. The van der Waals surface area contributed by atoms with Crippen molar-refractivity contribution in [2.45, 2.75) is 39.2 Å². The zero-order valence-corrected chi connectivity index (χ0v) is 9.15. The van der Waals surface area contributed by atoms with Gasteiger partial charge < -0.3 is 11.1 Å². The van der Waals surface area contributed by atoms with E-state index in [0.717, 1.165) is 12.1 Å². The number of aryl methyl sites for hydroxylation is 1. The molecule has 0 saturated carbocycles. The van der Waals surface area contributed by atoms with Crippen molar-refractivity contribution in [1.82, 2.24) is 0 Å². The van der Waals surface area contributed by atoms with E-state index in [2.05, 4.69) is 32.2 Å². The second-order valence-corrected chi connectivity index (χ2v) is 4.82. The van der Waals surface area contributed by atoms with E-state index in [4.69, 9.17) is 5.73 Å². The minimum absolute atomic E-state index is 0.200. The predicted molar refractivity (Wildman–Crippen MR) is 61.6 cm³/mol. The van der Waals surface area contributed by atoms with E-state index < -0.39 is 0 Å². The van der Waals surface area contributed by atoms with Gasteiger partial charge in [0.25, 0.3) is 0 Å². The largest absolute Gasteiger partial charge is 0.398 e. The smallest absolute Gasteiger partial charge is 0.0427 e. The first-order valence-corrected chi connectivity index (χ1v) is 5.16. The van der Waals surface area contributed by atoms with E-state index in [1.54, 1.807) is 0 Å². The van der Waals surface area contributed by atoms with Gasteiger partial charge in [-0.05, 0) is 50.8 Å². The number of fused-ring (bicyclic) bond motifs is 1. The van der Waals surface area contributed by atoms with Gasteiger partial charge in [-0.15, -0.1) is 0 Å². The zero-order valence-electron chi connectivity index (χ0n) is 9.15. The molecule has 1 aromatic carbocycles. The quantitative estimate of drug-likeness (QED) is 0.617. The molecule has 0 unspecified atom stereocenters. The molecule has 0 aliphatic carbocycles. The molecule has 1 aromatic rings. The average Bonchev–Trinajstić information content (AvgIpc) is 2.11. The molecule has 1 aliphatic heterocycles. The SMILES string of the molecule is Cc1c(N)ccc2c1NC(C)(C)CC2. The van der Waals surface area contributed by atoms with Crippen molar-refractivity contribution >= 4 is 11.4 Å². The monoisotopic (exact) mass is 190 g/mol. The highest BCUT2D eigenvalue weighted by Gasteiger charge is 2.25. The summed E-state index contributed by atoms with van der Waals surface area (Å²) in [6, 6.07) is 4.15. The Kier molecular flexibility index (Phi) is 1.95. The second kappa shape index (κ2) is 2.91. The van der Waals surface area contributed by atoms with Crippen LogP contribution in [0.4, 0.5) is 11.4 Å². The summed E-state index contributed by atoms with van der Waals surface area (Å²) < 4.78 is 0. The minimum atomic E-state index is 0.200. The van der Waals surface area contributed by atoms with Gasteiger partial charge in [0.2, 0.25) is 0 Å². The summed E-state index contributed by atoms with van der Waals surface area (Å²) in [5.74, 6) is 0. The first kappa shape index (κ1) is 9.38. The lowest BCUT2D eigenvalue weighted by molar-refractivity contribution is 0.502. The van der Waals surface area contributed by atoms with E-state index in [1.807, 2.05) is 6.07 Å². The average molecular weight is 190 g/mol. The molecule has 76 valence electrons. The van der Waals surface area contributed by atoms with Crippen molar-refractivity contribution in [2.75, 3.05) is 11.1 Å². The van der Waals surface area contributed by atoms with Crippen LogP contribution in [-0.4, -0.2) is 5.54 Å². The van der Waals surface area contributed by atoms with E-state index in [1.165, 1.54) is 23.2 Å². The van der Waals surface area contributed by atoms with Gasteiger partial charge in [-0.3, -0.25) is 0 Å². The molecule has 0 amide bonds. The van der Waals surface area contributed by atoms with E-state index in [9.17, 15) is 0 Å². The first-order chi connectivity index (χ1) is 6.49. The summed E-state index contributed by atoms with van der Waals surface area (Å²) in [4.78, 5) is 0. The van der Waals surface area contributed by atoms with Gasteiger partial charge >= 0.3 is 0 Å². The van der Waals surface area contributed by atoms with Crippen molar-refractivity contribution in [2.24, 2.45) is 0 Å². The molecular formula is C12H18N2. The lowest BCUT2D eigenvalue weighted by Crippen LogP contribution is -2.35. The van der Waals surface area contributed by atoms with Gasteiger partial charge in [0.1, 0.15) is 0 Å². The summed E-state index contributed by atoms with van der Waals surface area (Å²) in [5, 5.41) is 3.57. The summed E-state index contributed by atoms with van der Waals surface area (Å²) in [5.41, 5.74) is 10.8. The molecule has 3 N–H and O–H groups in total. The van der Waals surface area contributed by atoms with Crippen molar-refractivity contribution in [3.63, 3.8) is 0 Å². The highest BCUT2D eigenvalue weighted by Crippen LogP contribution is 2.35. The van der Waals surface area contributed by atoms with Gasteiger partial charge in [-0.1, -0.05) is 6.07 Å². The van der Waals surface area contributed by atoms with E-state index in [0.29, 0.717) is 0 Å². The third-order valence-electron chi connectivity index (χ3n) is 3.08. The number of nitrogens with one attached hydrogen (secondary N) is 1. The highest BCUT2D eigenvalue weighted by molar-refractivity contribution is 5.69. The number of hydrogen-bond donors (Lipinski definition) is 2. The highest BCUT2D eigenvalue weighted by atomic mass is 15.0. The third-order valence-corrected chi connectivity index (χ3v) is 3.08. The summed E-state index contributed by atoms with van der Waals surface area (Å²) >= 11 is 0. The Labute approximate surface area is 85.5 Å². The number of benzene rings is 1. The lowest BCUT2D eigenvalue weighted by Gasteiger charge is -2.35. The third kappa shape index (κ3) is 1.45. The van der Waals surface area contributed by atoms with Gasteiger partial charge in [-0.25, -0.2) is 0 Å². The maximum Gasteiger partial charge on any atom is 0.0427 e. The number of anilines is 2. The van der Waals surface area contributed by atoms with Gasteiger partial charge in [0.05, 0.1) is 0 Å². The summed E-state index contributed by atoms with van der Waals surface area (Å²) in [6.07, 6.45) is 2.33. The van der Waals surface area contributed by atoms with E-state index in [-0.39, 0.29) is 5.54 Å². The minimum Gasteiger partial charge on any atom is -0.398 e.